The van der Waals surface area contributed by atoms with Crippen LogP contribution >= 0.6 is 11.3 Å². The van der Waals surface area contributed by atoms with Gasteiger partial charge in [-0.15, -0.1) is 0 Å². The summed E-state index contributed by atoms with van der Waals surface area (Å²) in [5, 5.41) is 13.7. The van der Waals surface area contributed by atoms with E-state index in [2.05, 4.69) is 28.7 Å². The minimum Gasteiger partial charge on any atom is -0.481 e. The maximum Gasteiger partial charge on any atom is 0.309 e. The van der Waals surface area contributed by atoms with Crippen LogP contribution in [0, 0.1) is 11.3 Å². The van der Waals surface area contributed by atoms with Crippen molar-refractivity contribution in [3.63, 3.8) is 0 Å². The van der Waals surface area contributed by atoms with Crippen molar-refractivity contribution in [3.05, 3.63) is 22.4 Å². The van der Waals surface area contributed by atoms with Gasteiger partial charge in [0.2, 0.25) is 0 Å². The maximum atomic E-state index is 11.4. The van der Waals surface area contributed by atoms with Crippen LogP contribution in [0.25, 0.3) is 0 Å². The summed E-state index contributed by atoms with van der Waals surface area (Å²) >= 11 is 1.72. The molecule has 0 aromatic carbocycles. The van der Waals surface area contributed by atoms with E-state index in [9.17, 15) is 9.90 Å². The Morgan fingerprint density at radius 1 is 1.58 bits per heavy atom. The minimum absolute atomic E-state index is 0.236. The summed E-state index contributed by atoms with van der Waals surface area (Å²) in [4.78, 5) is 13.8. The highest BCUT2D eigenvalue weighted by molar-refractivity contribution is 7.07. The predicted octanol–water partition coefficient (Wildman–Crippen LogP) is 3.63. The van der Waals surface area contributed by atoms with Gasteiger partial charge in [-0.2, -0.15) is 11.3 Å². The Labute approximate surface area is 119 Å². The number of carboxylic acid groups (broad SMARTS) is 1. The summed E-state index contributed by atoms with van der Waals surface area (Å²) in [6.45, 7) is 7.90. The highest BCUT2D eigenvalue weighted by Crippen LogP contribution is 2.37. The van der Waals surface area contributed by atoms with Crippen LogP contribution < -0.4 is 0 Å². The van der Waals surface area contributed by atoms with Gasteiger partial charge in [0.1, 0.15) is 0 Å². The number of likely N-dealkylation sites (tertiary alicyclic amines) is 1. The second-order valence-corrected chi connectivity index (χ2v) is 6.87. The minimum atomic E-state index is -0.678. The molecule has 1 saturated heterocycles. The van der Waals surface area contributed by atoms with Gasteiger partial charge in [-0.25, -0.2) is 0 Å². The number of carboxylic acids is 1. The molecule has 2 unspecified atom stereocenters. The van der Waals surface area contributed by atoms with Gasteiger partial charge in [-0.3, -0.25) is 9.69 Å². The molecule has 0 amide bonds. The zero-order valence-corrected chi connectivity index (χ0v) is 12.7. The molecule has 0 radical (unpaired) electrons. The van der Waals surface area contributed by atoms with Gasteiger partial charge in [0.25, 0.3) is 0 Å². The lowest BCUT2D eigenvalue weighted by atomic mass is 9.74. The molecule has 0 spiro atoms. The monoisotopic (exact) mass is 281 g/mol. The standard InChI is InChI=1S/C15H23NO2S/c1-11(12-6-8-19-10-12)16-7-4-5-13(9-16)15(2,3)14(17)18/h6,8,10-11,13H,4-5,7,9H2,1-3H3,(H,17,18). The van der Waals surface area contributed by atoms with Crippen molar-refractivity contribution in [1.29, 1.82) is 0 Å². The first-order valence-electron chi connectivity index (χ1n) is 6.92. The summed E-state index contributed by atoms with van der Waals surface area (Å²) in [5.41, 5.74) is 0.714. The normalized spacial score (nSPS) is 23.2. The van der Waals surface area contributed by atoms with Crippen LogP contribution in [0.2, 0.25) is 0 Å². The Morgan fingerprint density at radius 2 is 2.32 bits per heavy atom. The Bertz CT molecular complexity index is 427. The maximum absolute atomic E-state index is 11.4. The third-order valence-electron chi connectivity index (χ3n) is 4.60. The summed E-state index contributed by atoms with van der Waals surface area (Å²) < 4.78 is 0. The van der Waals surface area contributed by atoms with E-state index in [-0.39, 0.29) is 5.92 Å². The third-order valence-corrected chi connectivity index (χ3v) is 5.30. The number of hydrogen-bond acceptors (Lipinski definition) is 3. The molecule has 4 heteroatoms. The van der Waals surface area contributed by atoms with Crippen LogP contribution in [0.3, 0.4) is 0 Å². The van der Waals surface area contributed by atoms with Gasteiger partial charge in [0, 0.05) is 12.6 Å². The van der Waals surface area contributed by atoms with E-state index in [1.54, 1.807) is 11.3 Å². The fraction of sp³-hybridized carbons (Fsp3) is 0.667. The van der Waals surface area contributed by atoms with Crippen molar-refractivity contribution < 1.29 is 9.90 Å². The van der Waals surface area contributed by atoms with E-state index in [1.807, 2.05) is 13.8 Å². The van der Waals surface area contributed by atoms with Crippen molar-refractivity contribution in [2.75, 3.05) is 13.1 Å². The topological polar surface area (TPSA) is 40.5 Å². The molecule has 1 N–H and O–H groups in total. The number of hydrogen-bond donors (Lipinski definition) is 1. The molecule has 1 aromatic heterocycles. The van der Waals surface area contributed by atoms with Gasteiger partial charge in [0.15, 0.2) is 0 Å². The lowest BCUT2D eigenvalue weighted by Gasteiger charge is -2.41. The van der Waals surface area contributed by atoms with Gasteiger partial charge in [-0.1, -0.05) is 0 Å². The molecule has 2 rings (SSSR count). The van der Waals surface area contributed by atoms with E-state index in [0.717, 1.165) is 25.9 Å². The molecule has 0 saturated carbocycles. The first-order valence-corrected chi connectivity index (χ1v) is 7.86. The van der Waals surface area contributed by atoms with Crippen LogP contribution in [0.4, 0.5) is 0 Å². The molecule has 2 heterocycles. The summed E-state index contributed by atoms with van der Waals surface area (Å²) in [7, 11) is 0. The number of rotatable bonds is 4. The highest BCUT2D eigenvalue weighted by Gasteiger charge is 2.39. The van der Waals surface area contributed by atoms with E-state index < -0.39 is 11.4 Å². The zero-order valence-electron chi connectivity index (χ0n) is 11.9. The Hall–Kier alpha value is -0.870. The molecule has 2 atom stereocenters. The molecule has 19 heavy (non-hydrogen) atoms. The van der Waals surface area contributed by atoms with Crippen LogP contribution in [0.15, 0.2) is 16.8 Å². The Kier molecular flexibility index (Phi) is 4.31. The van der Waals surface area contributed by atoms with Gasteiger partial charge in [0.05, 0.1) is 5.41 Å². The van der Waals surface area contributed by atoms with Crippen molar-refractivity contribution in [1.82, 2.24) is 4.90 Å². The van der Waals surface area contributed by atoms with Crippen molar-refractivity contribution in [2.24, 2.45) is 11.3 Å². The fourth-order valence-corrected chi connectivity index (χ4v) is 3.59. The molecule has 1 aliphatic heterocycles. The van der Waals surface area contributed by atoms with Crippen LogP contribution in [-0.2, 0) is 4.79 Å². The summed E-state index contributed by atoms with van der Waals surface area (Å²) in [6.07, 6.45) is 2.11. The molecule has 106 valence electrons. The number of nitrogens with zero attached hydrogens (tertiary/aromatic N) is 1. The average molecular weight is 281 g/mol. The predicted molar refractivity (Wildman–Crippen MR) is 78.4 cm³/mol. The molecule has 3 nitrogen and oxygen atoms in total. The van der Waals surface area contributed by atoms with Gasteiger partial charge in [-0.05, 0) is 68.5 Å². The highest BCUT2D eigenvalue weighted by atomic mass is 32.1. The molecular formula is C15H23NO2S. The summed E-state index contributed by atoms with van der Waals surface area (Å²) in [6, 6.07) is 2.56. The van der Waals surface area contributed by atoms with Crippen molar-refractivity contribution >= 4 is 17.3 Å². The number of carbonyl (C=O) groups is 1. The Balaban J connectivity index is 2.07. The first-order chi connectivity index (χ1) is 8.93. The average Bonchev–Trinajstić information content (AvgIpc) is 2.91. The number of aliphatic carboxylic acids is 1. The quantitative estimate of drug-likeness (QED) is 0.916. The molecular weight excluding hydrogens is 258 g/mol. The van der Waals surface area contributed by atoms with Gasteiger partial charge < -0.3 is 5.11 Å². The second kappa shape index (κ2) is 5.63. The van der Waals surface area contributed by atoms with E-state index in [0.29, 0.717) is 6.04 Å². The SMILES string of the molecule is CC(c1ccsc1)N1CCCC(C(C)(C)C(=O)O)C1. The van der Waals surface area contributed by atoms with Crippen LogP contribution in [0.1, 0.15) is 45.2 Å². The molecule has 1 aromatic rings. The van der Waals surface area contributed by atoms with Gasteiger partial charge >= 0.3 is 5.97 Å². The summed E-state index contributed by atoms with van der Waals surface area (Å²) in [5.74, 6) is -0.442. The van der Waals surface area contributed by atoms with E-state index in [1.165, 1.54) is 5.56 Å². The van der Waals surface area contributed by atoms with Crippen LogP contribution in [0.5, 0.6) is 0 Å². The first kappa shape index (κ1) is 14.5. The zero-order chi connectivity index (χ0) is 14.0. The smallest absolute Gasteiger partial charge is 0.309 e. The van der Waals surface area contributed by atoms with E-state index in [4.69, 9.17) is 0 Å². The molecule has 0 aliphatic carbocycles. The molecule has 1 fully saturated rings. The molecule has 0 bridgehead atoms. The number of piperidine rings is 1. The van der Waals surface area contributed by atoms with E-state index >= 15 is 0 Å². The largest absolute Gasteiger partial charge is 0.481 e. The van der Waals surface area contributed by atoms with Crippen molar-refractivity contribution in [3.8, 4) is 0 Å². The lowest BCUT2D eigenvalue weighted by Crippen LogP contribution is -2.45. The fourth-order valence-electron chi connectivity index (χ4n) is 2.85. The lowest BCUT2D eigenvalue weighted by molar-refractivity contribution is -0.151. The number of thiophene rings is 1. The van der Waals surface area contributed by atoms with Crippen LogP contribution in [-0.4, -0.2) is 29.1 Å². The van der Waals surface area contributed by atoms with Crippen molar-refractivity contribution in [2.45, 2.75) is 39.7 Å². The third kappa shape index (κ3) is 3.00. The second-order valence-electron chi connectivity index (χ2n) is 6.09. The Morgan fingerprint density at radius 3 is 2.89 bits per heavy atom. The molecule has 1 aliphatic rings.